The van der Waals surface area contributed by atoms with Gasteiger partial charge in [0, 0.05) is 6.42 Å². The van der Waals surface area contributed by atoms with Gasteiger partial charge in [-0.05, 0) is 13.8 Å². The smallest absolute Gasteiger partial charge is 0.239 e. The van der Waals surface area contributed by atoms with E-state index in [2.05, 4.69) is 9.79 Å². The number of fused-ring (bicyclic) bond motifs is 1. The van der Waals surface area contributed by atoms with Crippen LogP contribution >= 0.6 is 0 Å². The molecule has 1 aliphatic rings. The minimum atomic E-state index is -0.285. The van der Waals surface area contributed by atoms with E-state index in [0.29, 0.717) is 5.69 Å². The van der Waals surface area contributed by atoms with Gasteiger partial charge in [-0.15, -0.1) is 0 Å². The summed E-state index contributed by atoms with van der Waals surface area (Å²) in [6.45, 7) is 4.86. The first-order valence-electron chi connectivity index (χ1n) is 3.68. The summed E-state index contributed by atoms with van der Waals surface area (Å²) in [5.41, 5.74) is 0.648. The minimum Gasteiger partial charge on any atom is -0.539 e. The Bertz CT molecular complexity index is 291. The van der Waals surface area contributed by atoms with E-state index in [9.17, 15) is 5.11 Å². The van der Waals surface area contributed by atoms with Gasteiger partial charge < -0.3 is 9.63 Å². The van der Waals surface area contributed by atoms with Crippen LogP contribution in [0.3, 0.4) is 0 Å². The number of hydrogen-bond donors (Lipinski definition) is 0. The summed E-state index contributed by atoms with van der Waals surface area (Å²) >= 11 is 0. The summed E-state index contributed by atoms with van der Waals surface area (Å²) in [7, 11) is 0. The van der Waals surface area contributed by atoms with Crippen molar-refractivity contribution in [2.24, 2.45) is 0 Å². The monoisotopic (exact) mass is 154 g/mol. The molecule has 60 valence electrons. The van der Waals surface area contributed by atoms with E-state index in [-0.39, 0.29) is 11.4 Å². The Morgan fingerprint density at radius 1 is 1.64 bits per heavy atom. The van der Waals surface area contributed by atoms with Crippen LogP contribution < -0.4 is 9.79 Å². The lowest BCUT2D eigenvalue weighted by Crippen LogP contribution is -2.35. The van der Waals surface area contributed by atoms with Crippen LogP contribution in [0.25, 0.3) is 0 Å². The molecule has 0 unspecified atom stereocenters. The van der Waals surface area contributed by atoms with E-state index >= 15 is 0 Å². The van der Waals surface area contributed by atoms with Crippen molar-refractivity contribution in [2.45, 2.75) is 32.2 Å². The van der Waals surface area contributed by atoms with Crippen molar-refractivity contribution in [3.8, 4) is 5.95 Å². The van der Waals surface area contributed by atoms with Crippen LogP contribution in [0.2, 0.25) is 0 Å². The molecule has 1 aromatic heterocycles. The Balaban J connectivity index is 2.60. The summed E-state index contributed by atoms with van der Waals surface area (Å²) in [5.74, 6) is -0.285. The predicted molar refractivity (Wildman–Crippen MR) is 33.8 cm³/mol. The zero-order valence-corrected chi connectivity index (χ0v) is 6.63. The number of aromatic nitrogens is 2. The molecule has 2 heterocycles. The average Bonchev–Trinajstić information content (AvgIpc) is 2.38. The highest BCUT2D eigenvalue weighted by Gasteiger charge is 2.41. The van der Waals surface area contributed by atoms with Gasteiger partial charge in [0.05, 0.1) is 10.7 Å². The van der Waals surface area contributed by atoms with Crippen LogP contribution in [-0.2, 0) is 12.0 Å². The molecule has 0 saturated heterocycles. The van der Waals surface area contributed by atoms with Crippen molar-refractivity contribution in [1.82, 2.24) is 5.27 Å². The molecule has 0 bridgehead atoms. The van der Waals surface area contributed by atoms with Gasteiger partial charge in [0.25, 0.3) is 0 Å². The SMILES string of the molecule is CC1(C)CC[n+]2noc([O-])c21. The Kier molecular flexibility index (Phi) is 1.06. The number of nitrogens with zero attached hydrogens (tertiary/aromatic N) is 2. The van der Waals surface area contributed by atoms with Crippen molar-refractivity contribution >= 4 is 0 Å². The molecule has 4 heteroatoms. The molecule has 0 amide bonds. The molecular formula is C7H10N2O2. The van der Waals surface area contributed by atoms with Gasteiger partial charge in [0.15, 0.2) is 12.5 Å². The fourth-order valence-electron chi connectivity index (χ4n) is 1.56. The number of hydrogen-bond acceptors (Lipinski definition) is 3. The van der Waals surface area contributed by atoms with Crippen LogP contribution in [0, 0.1) is 0 Å². The van der Waals surface area contributed by atoms with Crippen molar-refractivity contribution in [1.29, 1.82) is 0 Å². The largest absolute Gasteiger partial charge is 0.539 e. The van der Waals surface area contributed by atoms with Crippen LogP contribution in [0.5, 0.6) is 5.95 Å². The summed E-state index contributed by atoms with van der Waals surface area (Å²) < 4.78 is 6.19. The Morgan fingerprint density at radius 3 is 3.00 bits per heavy atom. The van der Waals surface area contributed by atoms with Gasteiger partial charge >= 0.3 is 0 Å². The van der Waals surface area contributed by atoms with E-state index in [1.54, 1.807) is 4.68 Å². The first-order chi connectivity index (χ1) is 5.11. The fraction of sp³-hybridized carbons (Fsp3) is 0.714. The molecule has 0 aliphatic carbocycles. The maximum atomic E-state index is 11.1. The van der Waals surface area contributed by atoms with E-state index in [0.717, 1.165) is 13.0 Å². The van der Waals surface area contributed by atoms with Gasteiger partial charge in [-0.2, -0.15) is 0 Å². The number of rotatable bonds is 0. The molecular weight excluding hydrogens is 144 g/mol. The predicted octanol–water partition coefficient (Wildman–Crippen LogP) is -0.283. The lowest BCUT2D eigenvalue weighted by Gasteiger charge is -2.10. The molecule has 0 spiro atoms. The topological polar surface area (TPSA) is 53.0 Å². The summed E-state index contributed by atoms with van der Waals surface area (Å²) in [4.78, 5) is 0. The molecule has 4 nitrogen and oxygen atoms in total. The fourth-order valence-corrected chi connectivity index (χ4v) is 1.56. The van der Waals surface area contributed by atoms with E-state index in [1.165, 1.54) is 0 Å². The third-order valence-electron chi connectivity index (χ3n) is 2.26. The van der Waals surface area contributed by atoms with Gasteiger partial charge in [-0.3, -0.25) is 0 Å². The third-order valence-corrected chi connectivity index (χ3v) is 2.26. The van der Waals surface area contributed by atoms with Crippen LogP contribution in [-0.4, -0.2) is 5.27 Å². The van der Waals surface area contributed by atoms with E-state index in [4.69, 9.17) is 0 Å². The average molecular weight is 154 g/mol. The first-order valence-corrected chi connectivity index (χ1v) is 3.68. The lowest BCUT2D eigenvalue weighted by atomic mass is 9.89. The molecule has 0 atom stereocenters. The molecule has 0 fully saturated rings. The van der Waals surface area contributed by atoms with Gasteiger partial charge in [0.1, 0.15) is 0 Å². The van der Waals surface area contributed by atoms with Crippen LogP contribution in [0.15, 0.2) is 4.52 Å². The van der Waals surface area contributed by atoms with Crippen LogP contribution in [0.4, 0.5) is 0 Å². The van der Waals surface area contributed by atoms with Crippen LogP contribution in [0.1, 0.15) is 26.0 Å². The normalized spacial score (nSPS) is 20.2. The zero-order chi connectivity index (χ0) is 8.06. The molecule has 11 heavy (non-hydrogen) atoms. The lowest BCUT2D eigenvalue weighted by molar-refractivity contribution is -0.757. The molecule has 1 aromatic rings. The second-order valence-corrected chi connectivity index (χ2v) is 3.57. The van der Waals surface area contributed by atoms with Crippen molar-refractivity contribution in [2.75, 3.05) is 0 Å². The number of aryl methyl sites for hydroxylation is 1. The molecule has 0 saturated carbocycles. The van der Waals surface area contributed by atoms with Crippen molar-refractivity contribution in [3.63, 3.8) is 0 Å². The van der Waals surface area contributed by atoms with Crippen molar-refractivity contribution < 1.29 is 14.3 Å². The van der Waals surface area contributed by atoms with Gasteiger partial charge in [-0.1, -0.05) is 4.68 Å². The molecule has 1 aliphatic heterocycles. The first kappa shape index (κ1) is 6.64. The quantitative estimate of drug-likeness (QED) is 0.483. The molecule has 0 aromatic carbocycles. The maximum Gasteiger partial charge on any atom is 0.239 e. The van der Waals surface area contributed by atoms with Gasteiger partial charge in [0.2, 0.25) is 5.69 Å². The van der Waals surface area contributed by atoms with E-state index in [1.807, 2.05) is 13.8 Å². The highest BCUT2D eigenvalue weighted by Crippen LogP contribution is 2.32. The Morgan fingerprint density at radius 2 is 2.36 bits per heavy atom. The summed E-state index contributed by atoms with van der Waals surface area (Å²) in [6.07, 6.45) is 0.973. The summed E-state index contributed by atoms with van der Waals surface area (Å²) in [5, 5.41) is 14.7. The second kappa shape index (κ2) is 1.75. The third kappa shape index (κ3) is 0.751. The van der Waals surface area contributed by atoms with E-state index < -0.39 is 0 Å². The Labute approximate surface area is 64.4 Å². The Hall–Kier alpha value is -1.06. The standard InChI is InChI=1S/C7H10N2O2/c1-7(2)3-4-9-5(7)6(10)11-8-9/h3-4H2,1-2H3. The zero-order valence-electron chi connectivity index (χ0n) is 6.63. The second-order valence-electron chi connectivity index (χ2n) is 3.57. The molecule has 0 N–H and O–H groups in total. The summed E-state index contributed by atoms with van der Waals surface area (Å²) in [6, 6.07) is 0. The molecule has 2 rings (SSSR count). The highest BCUT2D eigenvalue weighted by atomic mass is 16.6. The maximum absolute atomic E-state index is 11.1. The minimum absolute atomic E-state index is 0.0584. The molecule has 0 radical (unpaired) electrons. The van der Waals surface area contributed by atoms with Gasteiger partial charge in [-0.25, -0.2) is 0 Å². The highest BCUT2D eigenvalue weighted by molar-refractivity contribution is 5.16. The van der Waals surface area contributed by atoms with Crippen molar-refractivity contribution in [3.05, 3.63) is 5.69 Å².